The second kappa shape index (κ2) is 5.88. The molecule has 1 aromatic heterocycles. The van der Waals surface area contributed by atoms with Crippen LogP contribution in [0.4, 0.5) is 8.78 Å². The van der Waals surface area contributed by atoms with Crippen molar-refractivity contribution < 1.29 is 8.78 Å². The van der Waals surface area contributed by atoms with Gasteiger partial charge in [-0.15, -0.1) is 11.3 Å². The highest BCUT2D eigenvalue weighted by Crippen LogP contribution is 2.28. The molecule has 0 radical (unpaired) electrons. The Morgan fingerprint density at radius 2 is 2.11 bits per heavy atom. The van der Waals surface area contributed by atoms with Gasteiger partial charge in [0.25, 0.3) is 0 Å². The number of nitrogens with two attached hydrogens (primary N) is 1. The summed E-state index contributed by atoms with van der Waals surface area (Å²) in [5, 5.41) is 1.93. The number of hydrogen-bond donors (Lipinski definition) is 2. The molecule has 0 saturated heterocycles. The zero-order valence-corrected chi connectivity index (χ0v) is 11.7. The van der Waals surface area contributed by atoms with E-state index in [1.54, 1.807) is 0 Å². The number of halogens is 3. The Hall–Kier alpha value is -0.820. The standard InChI is InChI=1S/C12H11BrF2N2S/c13-8-4-12(18-6-8)11(17-16)3-7-1-2-9(14)5-10(7)15/h1-2,4-6,11,17H,3,16H2. The van der Waals surface area contributed by atoms with Crippen molar-refractivity contribution in [3.8, 4) is 0 Å². The molecule has 0 spiro atoms. The van der Waals surface area contributed by atoms with Crippen molar-refractivity contribution in [3.63, 3.8) is 0 Å². The largest absolute Gasteiger partial charge is 0.271 e. The second-order valence-corrected chi connectivity index (χ2v) is 5.68. The Labute approximate surface area is 116 Å². The maximum absolute atomic E-state index is 13.6. The molecule has 96 valence electrons. The van der Waals surface area contributed by atoms with Gasteiger partial charge in [-0.1, -0.05) is 6.07 Å². The van der Waals surface area contributed by atoms with Crippen LogP contribution in [-0.4, -0.2) is 0 Å². The van der Waals surface area contributed by atoms with Crippen LogP contribution in [0, 0.1) is 11.6 Å². The zero-order valence-electron chi connectivity index (χ0n) is 9.29. The monoisotopic (exact) mass is 332 g/mol. The zero-order chi connectivity index (χ0) is 13.1. The van der Waals surface area contributed by atoms with Crippen LogP contribution < -0.4 is 11.3 Å². The van der Waals surface area contributed by atoms with Crippen LogP contribution in [0.15, 0.2) is 34.1 Å². The van der Waals surface area contributed by atoms with Crippen LogP contribution in [-0.2, 0) is 6.42 Å². The fourth-order valence-corrected chi connectivity index (χ4v) is 3.17. The molecule has 1 atom stereocenters. The van der Waals surface area contributed by atoms with E-state index >= 15 is 0 Å². The van der Waals surface area contributed by atoms with Crippen molar-refractivity contribution in [3.05, 3.63) is 56.2 Å². The normalized spacial score (nSPS) is 12.7. The average Bonchev–Trinajstić information content (AvgIpc) is 2.75. The summed E-state index contributed by atoms with van der Waals surface area (Å²) in [6, 6.07) is 5.30. The molecule has 0 bridgehead atoms. The molecule has 3 N–H and O–H groups in total. The summed E-state index contributed by atoms with van der Waals surface area (Å²) in [6.07, 6.45) is 0.371. The molecule has 0 amide bonds. The Balaban J connectivity index is 2.20. The number of hydrazine groups is 1. The summed E-state index contributed by atoms with van der Waals surface area (Å²) in [5.74, 6) is 4.36. The summed E-state index contributed by atoms with van der Waals surface area (Å²) in [4.78, 5) is 0.994. The number of nitrogens with one attached hydrogen (secondary N) is 1. The van der Waals surface area contributed by atoms with Gasteiger partial charge in [-0.05, 0) is 40.0 Å². The second-order valence-electron chi connectivity index (χ2n) is 3.83. The molecular weight excluding hydrogens is 322 g/mol. The average molecular weight is 333 g/mol. The lowest BCUT2D eigenvalue weighted by molar-refractivity contribution is 0.527. The molecular formula is C12H11BrF2N2S. The van der Waals surface area contributed by atoms with Crippen LogP contribution in [0.2, 0.25) is 0 Å². The van der Waals surface area contributed by atoms with E-state index in [4.69, 9.17) is 5.84 Å². The predicted molar refractivity (Wildman–Crippen MR) is 72.1 cm³/mol. The molecule has 1 heterocycles. The SMILES string of the molecule is NNC(Cc1ccc(F)cc1F)c1cc(Br)cs1. The highest BCUT2D eigenvalue weighted by molar-refractivity contribution is 9.10. The van der Waals surface area contributed by atoms with Crippen LogP contribution in [0.25, 0.3) is 0 Å². The maximum Gasteiger partial charge on any atom is 0.129 e. The number of thiophene rings is 1. The quantitative estimate of drug-likeness (QED) is 0.663. The van der Waals surface area contributed by atoms with Crippen LogP contribution >= 0.6 is 27.3 Å². The minimum Gasteiger partial charge on any atom is -0.271 e. The van der Waals surface area contributed by atoms with E-state index in [9.17, 15) is 8.78 Å². The van der Waals surface area contributed by atoms with E-state index in [-0.39, 0.29) is 6.04 Å². The van der Waals surface area contributed by atoms with E-state index in [0.29, 0.717) is 12.0 Å². The third-order valence-corrected chi connectivity index (χ3v) is 4.38. The molecule has 18 heavy (non-hydrogen) atoms. The highest BCUT2D eigenvalue weighted by Gasteiger charge is 2.15. The maximum atomic E-state index is 13.6. The minimum absolute atomic E-state index is 0.193. The molecule has 0 saturated carbocycles. The summed E-state index contributed by atoms with van der Waals surface area (Å²) >= 11 is 4.88. The fraction of sp³-hybridized carbons (Fsp3) is 0.167. The van der Waals surface area contributed by atoms with Crippen molar-refractivity contribution in [1.82, 2.24) is 5.43 Å². The molecule has 2 rings (SSSR count). The molecule has 2 aromatic rings. The van der Waals surface area contributed by atoms with Gasteiger partial charge in [0, 0.05) is 20.8 Å². The predicted octanol–water partition coefficient (Wildman–Crippen LogP) is 3.54. The first kappa shape index (κ1) is 13.6. The summed E-state index contributed by atoms with van der Waals surface area (Å²) in [7, 11) is 0. The van der Waals surface area contributed by atoms with Gasteiger partial charge in [-0.3, -0.25) is 11.3 Å². The Bertz CT molecular complexity index is 545. The molecule has 1 aromatic carbocycles. The summed E-state index contributed by atoms with van der Waals surface area (Å²) in [6.45, 7) is 0. The molecule has 0 fully saturated rings. The van der Waals surface area contributed by atoms with Crippen LogP contribution in [0.5, 0.6) is 0 Å². The van der Waals surface area contributed by atoms with Crippen LogP contribution in [0.3, 0.4) is 0 Å². The molecule has 2 nitrogen and oxygen atoms in total. The number of benzene rings is 1. The Morgan fingerprint density at radius 1 is 1.33 bits per heavy atom. The van der Waals surface area contributed by atoms with E-state index in [1.807, 2.05) is 11.4 Å². The fourth-order valence-electron chi connectivity index (χ4n) is 1.66. The van der Waals surface area contributed by atoms with Crippen LogP contribution in [0.1, 0.15) is 16.5 Å². The van der Waals surface area contributed by atoms with Crippen molar-refractivity contribution >= 4 is 27.3 Å². The lowest BCUT2D eigenvalue weighted by atomic mass is 10.0. The van der Waals surface area contributed by atoms with Gasteiger partial charge in [0.2, 0.25) is 0 Å². The molecule has 6 heteroatoms. The van der Waals surface area contributed by atoms with E-state index in [0.717, 1.165) is 15.4 Å². The van der Waals surface area contributed by atoms with Gasteiger partial charge in [-0.2, -0.15) is 0 Å². The smallest absolute Gasteiger partial charge is 0.129 e. The van der Waals surface area contributed by atoms with Gasteiger partial charge < -0.3 is 0 Å². The molecule has 0 aliphatic heterocycles. The topological polar surface area (TPSA) is 38.0 Å². The molecule has 1 unspecified atom stereocenters. The minimum atomic E-state index is -0.577. The molecule has 0 aliphatic rings. The first-order chi connectivity index (χ1) is 8.60. The van der Waals surface area contributed by atoms with Gasteiger partial charge in [-0.25, -0.2) is 8.78 Å². The summed E-state index contributed by atoms with van der Waals surface area (Å²) in [5.41, 5.74) is 3.09. The number of hydrogen-bond acceptors (Lipinski definition) is 3. The van der Waals surface area contributed by atoms with Gasteiger partial charge in [0.05, 0.1) is 6.04 Å². The van der Waals surface area contributed by atoms with Crippen molar-refractivity contribution in [2.45, 2.75) is 12.5 Å². The number of rotatable bonds is 4. The van der Waals surface area contributed by atoms with E-state index in [1.165, 1.54) is 23.5 Å². The lowest BCUT2D eigenvalue weighted by Gasteiger charge is -2.14. The Morgan fingerprint density at radius 3 is 2.67 bits per heavy atom. The van der Waals surface area contributed by atoms with E-state index < -0.39 is 11.6 Å². The van der Waals surface area contributed by atoms with Gasteiger partial charge in [0.15, 0.2) is 0 Å². The van der Waals surface area contributed by atoms with E-state index in [2.05, 4.69) is 21.4 Å². The highest BCUT2D eigenvalue weighted by atomic mass is 79.9. The first-order valence-electron chi connectivity index (χ1n) is 5.24. The Kier molecular flexibility index (Phi) is 4.45. The molecule has 0 aliphatic carbocycles. The van der Waals surface area contributed by atoms with Crippen molar-refractivity contribution in [2.24, 2.45) is 5.84 Å². The van der Waals surface area contributed by atoms with Crippen molar-refractivity contribution in [1.29, 1.82) is 0 Å². The first-order valence-corrected chi connectivity index (χ1v) is 6.91. The van der Waals surface area contributed by atoms with Gasteiger partial charge in [0.1, 0.15) is 11.6 Å². The third kappa shape index (κ3) is 3.14. The van der Waals surface area contributed by atoms with Gasteiger partial charge >= 0.3 is 0 Å². The summed E-state index contributed by atoms with van der Waals surface area (Å²) < 4.78 is 27.3. The lowest BCUT2D eigenvalue weighted by Crippen LogP contribution is -2.29. The van der Waals surface area contributed by atoms with Crippen molar-refractivity contribution in [2.75, 3.05) is 0 Å². The third-order valence-electron chi connectivity index (χ3n) is 2.57.